The molecule has 2 N–H and O–H groups in total. The molecule has 0 aliphatic rings. The zero-order chi connectivity index (χ0) is 8.27. The van der Waals surface area contributed by atoms with Crippen LogP contribution in [0.2, 0.25) is 0 Å². The summed E-state index contributed by atoms with van der Waals surface area (Å²) in [6.45, 7) is 1.77. The molecule has 1 aromatic rings. The van der Waals surface area contributed by atoms with Gasteiger partial charge in [-0.05, 0) is 5.53 Å². The smallest absolute Gasteiger partial charge is 0.180 e. The highest BCUT2D eigenvalue weighted by Crippen LogP contribution is 2.20. The first-order chi connectivity index (χ1) is 5.24. The molecular weight excluding hydrogens is 162 g/mol. The first-order valence-electron chi connectivity index (χ1n) is 2.99. The Balaban J connectivity index is 2.84. The number of nitrogen functional groups attached to an aromatic ring is 1. The van der Waals surface area contributed by atoms with Crippen molar-refractivity contribution in [3.63, 3.8) is 0 Å². The van der Waals surface area contributed by atoms with Crippen molar-refractivity contribution >= 4 is 16.5 Å². The summed E-state index contributed by atoms with van der Waals surface area (Å²) in [6, 6.07) is -0.228. The van der Waals surface area contributed by atoms with E-state index in [9.17, 15) is 0 Å². The SMILES string of the molecule is CC(N=[N+]=[N-])c1csc(N)n1. The Bertz CT molecular complexity index is 287. The number of nitrogens with two attached hydrogens (primary N) is 1. The predicted molar refractivity (Wildman–Crippen MR) is 44.1 cm³/mol. The van der Waals surface area contributed by atoms with Crippen molar-refractivity contribution < 1.29 is 0 Å². The number of azide groups is 1. The highest BCUT2D eigenvalue weighted by molar-refractivity contribution is 7.13. The van der Waals surface area contributed by atoms with Gasteiger partial charge in [0.25, 0.3) is 0 Å². The summed E-state index contributed by atoms with van der Waals surface area (Å²) in [7, 11) is 0. The Hall–Kier alpha value is -1.26. The summed E-state index contributed by atoms with van der Waals surface area (Å²) in [4.78, 5) is 6.63. The molecular formula is C5H7N5S. The van der Waals surface area contributed by atoms with E-state index in [1.807, 2.05) is 0 Å². The molecule has 58 valence electrons. The van der Waals surface area contributed by atoms with Gasteiger partial charge in [-0.2, -0.15) is 0 Å². The van der Waals surface area contributed by atoms with Crippen LogP contribution in [-0.2, 0) is 0 Å². The molecule has 0 saturated heterocycles. The van der Waals surface area contributed by atoms with Crippen LogP contribution in [-0.4, -0.2) is 4.98 Å². The Kier molecular flexibility index (Phi) is 2.30. The lowest BCUT2D eigenvalue weighted by atomic mass is 10.3. The molecule has 0 fully saturated rings. The zero-order valence-electron chi connectivity index (χ0n) is 5.93. The number of aromatic nitrogens is 1. The number of thiazole rings is 1. The van der Waals surface area contributed by atoms with Crippen molar-refractivity contribution in [2.24, 2.45) is 5.11 Å². The topological polar surface area (TPSA) is 87.7 Å². The predicted octanol–water partition coefficient (Wildman–Crippen LogP) is 2.10. The van der Waals surface area contributed by atoms with Gasteiger partial charge in [0.15, 0.2) is 5.13 Å². The maximum Gasteiger partial charge on any atom is 0.180 e. The minimum Gasteiger partial charge on any atom is -0.375 e. The summed E-state index contributed by atoms with van der Waals surface area (Å²) in [6.07, 6.45) is 0. The highest BCUT2D eigenvalue weighted by Gasteiger charge is 2.05. The minimum absolute atomic E-state index is 0.228. The van der Waals surface area contributed by atoms with Crippen LogP contribution in [0.25, 0.3) is 10.4 Å². The van der Waals surface area contributed by atoms with Crippen LogP contribution >= 0.6 is 11.3 Å². The van der Waals surface area contributed by atoms with E-state index in [0.717, 1.165) is 5.69 Å². The molecule has 0 saturated carbocycles. The molecule has 5 nitrogen and oxygen atoms in total. The molecule has 0 bridgehead atoms. The number of nitrogens with zero attached hydrogens (tertiary/aromatic N) is 4. The largest absolute Gasteiger partial charge is 0.375 e. The van der Waals surface area contributed by atoms with Crippen molar-refractivity contribution in [2.75, 3.05) is 5.73 Å². The van der Waals surface area contributed by atoms with Gasteiger partial charge in [0.05, 0.1) is 11.7 Å². The molecule has 0 spiro atoms. The van der Waals surface area contributed by atoms with Gasteiger partial charge in [-0.1, -0.05) is 12.0 Å². The van der Waals surface area contributed by atoms with Crippen molar-refractivity contribution in [1.29, 1.82) is 0 Å². The normalized spacial score (nSPS) is 12.1. The molecule has 0 radical (unpaired) electrons. The van der Waals surface area contributed by atoms with Crippen LogP contribution in [0.15, 0.2) is 10.5 Å². The lowest BCUT2D eigenvalue weighted by Crippen LogP contribution is -1.89. The Morgan fingerprint density at radius 3 is 3.09 bits per heavy atom. The minimum atomic E-state index is -0.228. The Labute approximate surface area is 67.5 Å². The van der Waals surface area contributed by atoms with E-state index in [4.69, 9.17) is 11.3 Å². The molecule has 0 aliphatic heterocycles. The average molecular weight is 169 g/mol. The molecule has 0 amide bonds. The van der Waals surface area contributed by atoms with Crippen molar-refractivity contribution in [2.45, 2.75) is 13.0 Å². The van der Waals surface area contributed by atoms with E-state index in [1.165, 1.54) is 11.3 Å². The van der Waals surface area contributed by atoms with Gasteiger partial charge in [-0.15, -0.1) is 11.3 Å². The summed E-state index contributed by atoms with van der Waals surface area (Å²) in [5.74, 6) is 0. The van der Waals surface area contributed by atoms with E-state index in [-0.39, 0.29) is 6.04 Å². The van der Waals surface area contributed by atoms with Crippen molar-refractivity contribution in [3.8, 4) is 0 Å². The van der Waals surface area contributed by atoms with Gasteiger partial charge in [0.1, 0.15) is 0 Å². The van der Waals surface area contributed by atoms with Gasteiger partial charge in [0, 0.05) is 10.3 Å². The molecule has 0 aromatic carbocycles. The lowest BCUT2D eigenvalue weighted by Gasteiger charge is -1.95. The molecule has 1 aromatic heterocycles. The fraction of sp³-hybridized carbons (Fsp3) is 0.400. The molecule has 6 heteroatoms. The van der Waals surface area contributed by atoms with Gasteiger partial charge < -0.3 is 5.73 Å². The second-order valence-electron chi connectivity index (χ2n) is 1.99. The summed E-state index contributed by atoms with van der Waals surface area (Å²) in [5.41, 5.74) is 14.2. The Morgan fingerprint density at radius 2 is 2.64 bits per heavy atom. The molecule has 1 rings (SSSR count). The quantitative estimate of drug-likeness (QED) is 0.417. The molecule has 1 unspecified atom stereocenters. The van der Waals surface area contributed by atoms with Crippen LogP contribution in [0.4, 0.5) is 5.13 Å². The van der Waals surface area contributed by atoms with Crippen molar-refractivity contribution in [3.05, 3.63) is 21.5 Å². The average Bonchev–Trinajstić information content (AvgIpc) is 2.36. The third-order valence-corrected chi connectivity index (χ3v) is 1.88. The van der Waals surface area contributed by atoms with Crippen LogP contribution in [0.1, 0.15) is 18.7 Å². The van der Waals surface area contributed by atoms with Crippen molar-refractivity contribution in [1.82, 2.24) is 4.98 Å². The van der Waals surface area contributed by atoms with Crippen LogP contribution in [0.3, 0.4) is 0 Å². The fourth-order valence-electron chi connectivity index (χ4n) is 0.629. The molecule has 1 atom stereocenters. The molecule has 1 heterocycles. The van der Waals surface area contributed by atoms with E-state index in [2.05, 4.69) is 15.0 Å². The second-order valence-corrected chi connectivity index (χ2v) is 2.88. The second kappa shape index (κ2) is 3.23. The van der Waals surface area contributed by atoms with Crippen LogP contribution < -0.4 is 5.73 Å². The number of anilines is 1. The summed E-state index contributed by atoms with van der Waals surface area (Å²) >= 11 is 1.34. The van der Waals surface area contributed by atoms with Crippen LogP contribution in [0, 0.1) is 0 Å². The third-order valence-electron chi connectivity index (χ3n) is 1.19. The fourth-order valence-corrected chi connectivity index (χ4v) is 1.28. The molecule has 0 aliphatic carbocycles. The standard InChI is InChI=1S/C5H7N5S/c1-3(9-10-7)4-2-11-5(6)8-4/h2-3H,1H3,(H2,6,8). The maximum atomic E-state index is 8.11. The van der Waals surface area contributed by atoms with Gasteiger partial charge in [-0.25, -0.2) is 4.98 Å². The summed E-state index contributed by atoms with van der Waals surface area (Å²) in [5, 5.41) is 5.76. The molecule has 11 heavy (non-hydrogen) atoms. The number of hydrogen-bond donors (Lipinski definition) is 1. The van der Waals surface area contributed by atoms with Gasteiger partial charge in [-0.3, -0.25) is 0 Å². The van der Waals surface area contributed by atoms with E-state index >= 15 is 0 Å². The van der Waals surface area contributed by atoms with E-state index in [1.54, 1.807) is 12.3 Å². The first kappa shape index (κ1) is 7.84. The first-order valence-corrected chi connectivity index (χ1v) is 3.87. The number of hydrogen-bond acceptors (Lipinski definition) is 4. The Morgan fingerprint density at radius 1 is 1.91 bits per heavy atom. The third kappa shape index (κ3) is 1.83. The monoisotopic (exact) mass is 169 g/mol. The van der Waals surface area contributed by atoms with Crippen LogP contribution in [0.5, 0.6) is 0 Å². The van der Waals surface area contributed by atoms with E-state index in [0.29, 0.717) is 5.13 Å². The van der Waals surface area contributed by atoms with Gasteiger partial charge in [0.2, 0.25) is 0 Å². The summed E-state index contributed by atoms with van der Waals surface area (Å²) < 4.78 is 0. The zero-order valence-corrected chi connectivity index (χ0v) is 6.75. The van der Waals surface area contributed by atoms with Gasteiger partial charge >= 0.3 is 0 Å². The maximum absolute atomic E-state index is 8.11. The highest BCUT2D eigenvalue weighted by atomic mass is 32.1. The van der Waals surface area contributed by atoms with E-state index < -0.39 is 0 Å². The lowest BCUT2D eigenvalue weighted by molar-refractivity contribution is 0.782. The number of rotatable bonds is 2.